The monoisotopic (exact) mass is 1790 g/mol. The molecular formula is C63H53BrCl2F15IN20O5S2. The van der Waals surface area contributed by atoms with Crippen LogP contribution in [-0.4, -0.2) is 150 Å². The Kier molecular flexibility index (Phi) is 29.7. The fourth-order valence-electron chi connectivity index (χ4n) is 9.32. The molecule has 0 atom stereocenters. The van der Waals surface area contributed by atoms with Crippen molar-refractivity contribution in [1.29, 1.82) is 0 Å². The van der Waals surface area contributed by atoms with Crippen molar-refractivity contribution in [3.8, 4) is 21.4 Å². The number of thiophene rings is 2. The Morgan fingerprint density at radius 2 is 0.945 bits per heavy atom. The molecule has 25 nitrogen and oxygen atoms in total. The molecule has 109 heavy (non-hydrogen) atoms. The van der Waals surface area contributed by atoms with E-state index in [-0.39, 0.29) is 40.5 Å². The summed E-state index contributed by atoms with van der Waals surface area (Å²) in [6.45, 7) is 7.91. The number of pyridine rings is 4. The second kappa shape index (κ2) is 38.5. The molecule has 14 rings (SSSR count). The minimum absolute atomic E-state index is 0.00645. The summed E-state index contributed by atoms with van der Waals surface area (Å²) in [5, 5.41) is 32.1. The number of nitrogens with one attached hydrogen (secondary N) is 1. The van der Waals surface area contributed by atoms with Gasteiger partial charge in [-0.05, 0) is 114 Å². The standard InChI is InChI=1S/C22H17F6N7O2S.C14H14F3N5O.C9H11ClN2O.C8H4BrF3N2OS.C5H3ClIN.C5H4F3N3/c23-21(24,25)13-10-17(32-30-11-13)35(19-15(2-1-5-29-19)34-6-8-36-9-7-34)12-14-3-4-16(38-14)18-31-20(37-33-18)22(26,27)28;15-14(16,17)10-8-12(21-19-9-10)20-13-11(2-1-3-18-13)22-4-6-23-7-5-22;10-9-8(2-1-3-11-9)12-4-6-13-7-5-12;9-3-4-1-2-5(16-4)6-13-7(15-14-6)8(10,11)12;6-5-4(7)2-1-3-8-5;6-5(7,8)3-1-4(9)11-10-2-3/h1-5,10-11H,6-9,12H2;1-3,8-9H,4-7H2,(H,18,20,21);1-3H,4-7H2;1-2H,3H2;1-3H;1-2H,(H2,9,11). The van der Waals surface area contributed by atoms with Crippen LogP contribution in [0.4, 0.5) is 112 Å². The lowest BCUT2D eigenvalue weighted by atomic mass is 10.2. The van der Waals surface area contributed by atoms with E-state index < -0.39 is 59.4 Å². The van der Waals surface area contributed by atoms with Crippen LogP contribution in [0.3, 0.4) is 0 Å². The number of ether oxygens (including phenoxy) is 3. The topological polar surface area (TPSA) is 285 Å². The molecule has 0 bridgehead atoms. The maximum absolute atomic E-state index is 13.5. The number of halogens is 19. The molecule has 0 saturated carbocycles. The van der Waals surface area contributed by atoms with Crippen LogP contribution < -0.4 is 30.7 Å². The second-order valence-corrected chi connectivity index (χ2v) is 26.6. The molecule has 0 radical (unpaired) electrons. The number of nitrogens with zero attached hydrogens (tertiary/aromatic N) is 18. The number of rotatable bonds is 12. The van der Waals surface area contributed by atoms with E-state index in [1.807, 2.05) is 35.2 Å². The average Bonchev–Trinajstić information content (AvgIpc) is 1.71. The number of aromatic nitrogens is 14. The summed E-state index contributed by atoms with van der Waals surface area (Å²) < 4.78 is 215. The lowest BCUT2D eigenvalue weighted by Crippen LogP contribution is -2.37. The molecule has 46 heteroatoms. The van der Waals surface area contributed by atoms with Crippen LogP contribution in [0.25, 0.3) is 21.4 Å². The molecule has 3 N–H and O–H groups in total. The summed E-state index contributed by atoms with van der Waals surface area (Å²) >= 11 is 19.3. The van der Waals surface area contributed by atoms with Gasteiger partial charge in [-0.25, -0.2) is 19.9 Å². The molecule has 14 heterocycles. The largest absolute Gasteiger partial charge is 0.471 e. The highest BCUT2D eigenvalue weighted by Crippen LogP contribution is 2.40. The molecule has 3 aliphatic rings. The van der Waals surface area contributed by atoms with Gasteiger partial charge in [-0.3, -0.25) is 0 Å². The summed E-state index contributed by atoms with van der Waals surface area (Å²) in [5.74, 6) is -2.69. The zero-order valence-corrected chi connectivity index (χ0v) is 62.2. The molecule has 3 aliphatic heterocycles. The number of hydrogen-bond acceptors (Lipinski definition) is 27. The molecule has 580 valence electrons. The highest BCUT2D eigenvalue weighted by atomic mass is 127. The van der Waals surface area contributed by atoms with Crippen molar-refractivity contribution < 1.29 is 89.1 Å². The average molecular weight is 1800 g/mol. The minimum Gasteiger partial charge on any atom is -0.382 e. The van der Waals surface area contributed by atoms with Crippen LogP contribution in [0.1, 0.15) is 38.2 Å². The number of nitrogens with two attached hydrogens (primary N) is 1. The minimum atomic E-state index is -4.79. The first-order valence-corrected chi connectivity index (χ1v) is 35.7. The van der Waals surface area contributed by atoms with E-state index in [2.05, 4.69) is 133 Å². The molecule has 0 amide bonds. The quantitative estimate of drug-likeness (QED) is 0.0497. The maximum Gasteiger partial charge on any atom is 0.471 e. The third-order valence-electron chi connectivity index (χ3n) is 14.3. The third kappa shape index (κ3) is 25.0. The maximum atomic E-state index is 13.5. The Morgan fingerprint density at radius 3 is 1.41 bits per heavy atom. The summed E-state index contributed by atoms with van der Waals surface area (Å²) in [5.41, 5.74) is 4.69. The first kappa shape index (κ1) is 84.0. The van der Waals surface area contributed by atoms with Crippen LogP contribution in [0.15, 0.2) is 143 Å². The Morgan fingerprint density at radius 1 is 0.505 bits per heavy atom. The van der Waals surface area contributed by atoms with Crippen molar-refractivity contribution in [2.45, 2.75) is 42.8 Å². The van der Waals surface area contributed by atoms with E-state index in [9.17, 15) is 65.9 Å². The van der Waals surface area contributed by atoms with E-state index in [1.165, 1.54) is 28.5 Å². The van der Waals surface area contributed by atoms with Gasteiger partial charge in [0.25, 0.3) is 0 Å². The van der Waals surface area contributed by atoms with Crippen molar-refractivity contribution in [3.63, 3.8) is 0 Å². The van der Waals surface area contributed by atoms with E-state index in [0.717, 1.165) is 75.7 Å². The van der Waals surface area contributed by atoms with Crippen LogP contribution in [0, 0.1) is 3.57 Å². The predicted octanol–water partition coefficient (Wildman–Crippen LogP) is 16.4. The van der Waals surface area contributed by atoms with Gasteiger partial charge in [0.05, 0.1) is 112 Å². The van der Waals surface area contributed by atoms with Gasteiger partial charge >= 0.3 is 42.7 Å². The molecule has 3 saturated heterocycles. The van der Waals surface area contributed by atoms with Gasteiger partial charge in [0.1, 0.15) is 11.0 Å². The van der Waals surface area contributed by atoms with E-state index in [1.54, 1.807) is 55.0 Å². The SMILES string of the molecule is Clc1ncccc1I.Clc1ncccc1N1CCOCC1.FC(F)(F)c1cnnc(N(Cc2ccc(-c3noc(C(F)(F)F)n3)s2)c2ncccc2N2CCOCC2)c1.FC(F)(F)c1cnnc(Nc2ncccc2N2CCOCC2)c1.FC(F)(F)c1nc(-c2ccc(CBr)s2)no1.Nc1cc(C(F)(F)F)cnn1. The van der Waals surface area contributed by atoms with Gasteiger partial charge in [0.2, 0.25) is 11.6 Å². The molecule has 11 aromatic rings. The summed E-state index contributed by atoms with van der Waals surface area (Å²) in [4.78, 5) is 33.3. The Balaban J connectivity index is 0.000000164. The zero-order valence-electron chi connectivity index (χ0n) is 55.3. The molecule has 0 aliphatic carbocycles. The number of nitrogen functional groups attached to an aromatic ring is 1. The zero-order chi connectivity index (χ0) is 78.5. The smallest absolute Gasteiger partial charge is 0.382 e. The van der Waals surface area contributed by atoms with Gasteiger partial charge in [-0.1, -0.05) is 49.4 Å². The highest BCUT2D eigenvalue weighted by molar-refractivity contribution is 14.1. The van der Waals surface area contributed by atoms with Crippen molar-refractivity contribution in [2.75, 3.05) is 110 Å². The molecule has 11 aromatic heterocycles. The van der Waals surface area contributed by atoms with Gasteiger partial charge in [-0.15, -0.1) is 38.0 Å². The normalized spacial score (nSPS) is 14.1. The molecule has 0 aromatic carbocycles. The number of hydrogen-bond donors (Lipinski definition) is 2. The van der Waals surface area contributed by atoms with Crippen LogP contribution in [0.5, 0.6) is 0 Å². The summed E-state index contributed by atoms with van der Waals surface area (Å²) in [7, 11) is 0. The van der Waals surface area contributed by atoms with Crippen LogP contribution in [-0.2, 0) is 57.0 Å². The van der Waals surface area contributed by atoms with Gasteiger partial charge in [-0.2, -0.15) is 91.1 Å². The van der Waals surface area contributed by atoms with E-state index >= 15 is 0 Å². The highest BCUT2D eigenvalue weighted by Gasteiger charge is 2.40. The summed E-state index contributed by atoms with van der Waals surface area (Å²) in [6, 6.07) is 23.8. The lowest BCUT2D eigenvalue weighted by Gasteiger charge is -2.33. The van der Waals surface area contributed by atoms with Crippen molar-refractivity contribution in [3.05, 3.63) is 186 Å². The van der Waals surface area contributed by atoms with E-state index in [0.29, 0.717) is 114 Å². The fourth-order valence-corrected chi connectivity index (χ4v) is 12.3. The second-order valence-electron chi connectivity index (χ2n) is 21.8. The Hall–Kier alpha value is -9.06. The predicted molar refractivity (Wildman–Crippen MR) is 381 cm³/mol. The van der Waals surface area contributed by atoms with Gasteiger partial charge in [0, 0.05) is 79.1 Å². The van der Waals surface area contributed by atoms with Crippen molar-refractivity contribution >= 4 is 131 Å². The fraction of sp³-hybridized carbons (Fsp3) is 0.302. The first-order chi connectivity index (χ1) is 51.8. The van der Waals surface area contributed by atoms with Gasteiger partial charge in [0.15, 0.2) is 28.4 Å². The van der Waals surface area contributed by atoms with Crippen molar-refractivity contribution in [2.24, 2.45) is 0 Å². The van der Waals surface area contributed by atoms with E-state index in [4.69, 9.17) is 43.1 Å². The Bertz CT molecular complexity index is 4670. The number of morpholine rings is 3. The van der Waals surface area contributed by atoms with Crippen LogP contribution in [0.2, 0.25) is 10.3 Å². The molecule has 0 spiro atoms. The van der Waals surface area contributed by atoms with Crippen molar-refractivity contribution in [1.82, 2.24) is 70.8 Å². The molecule has 0 unspecified atom stereocenters. The molecular weight excluding hydrogens is 1740 g/mol. The number of anilines is 8. The van der Waals surface area contributed by atoms with Crippen LogP contribution >= 0.6 is 84.4 Å². The number of alkyl halides is 16. The first-order valence-electron chi connectivity index (χ1n) is 31.1. The Labute approximate surface area is 646 Å². The molecule has 3 fully saturated rings. The third-order valence-corrected chi connectivity index (χ3v) is 19.2. The summed E-state index contributed by atoms with van der Waals surface area (Å²) in [6.07, 6.45) is -14.5. The lowest BCUT2D eigenvalue weighted by molar-refractivity contribution is -0.160. The van der Waals surface area contributed by atoms with Gasteiger partial charge < -0.3 is 53.9 Å².